The van der Waals surface area contributed by atoms with Gasteiger partial charge in [-0.25, -0.2) is 32.9 Å². The highest BCUT2D eigenvalue weighted by molar-refractivity contribution is 7.89. The summed E-state index contributed by atoms with van der Waals surface area (Å²) in [5, 5.41) is 17.2. The lowest BCUT2D eigenvalue weighted by Gasteiger charge is -2.14. The fraction of sp³-hybridized carbons (Fsp3) is 0.0455. The van der Waals surface area contributed by atoms with Gasteiger partial charge < -0.3 is 19.1 Å². The van der Waals surface area contributed by atoms with Crippen molar-refractivity contribution in [1.29, 1.82) is 0 Å². The molecule has 9 aromatic rings. The van der Waals surface area contributed by atoms with Crippen LogP contribution in [0.2, 0.25) is 0 Å². The number of nitrogens with zero attached hydrogens (tertiary/aromatic N) is 4. The number of esters is 3. The number of primary sulfonamides is 1. The number of hydrazine groups is 1. The number of aryl methyl sites for hydroxylation is 1. The number of Topliss-reactive ketones (excluding diaryl/α,β-unsaturated/α-hetero) is 1. The zero-order valence-corrected chi connectivity index (χ0v) is 50.1. The smallest absolute Gasteiger partial charge is 0.353 e. The highest BCUT2D eigenvalue weighted by Crippen LogP contribution is 2.30. The zero-order valence-electron chi connectivity index (χ0n) is 46.9. The van der Waals surface area contributed by atoms with Crippen molar-refractivity contribution in [3.05, 3.63) is 258 Å². The normalized spacial score (nSPS) is 15.1. The number of para-hydroxylation sites is 1. The van der Waals surface area contributed by atoms with E-state index in [1.807, 2.05) is 43.3 Å². The first kappa shape index (κ1) is 61.3. The minimum Gasteiger partial charge on any atom is -0.422 e. The lowest BCUT2D eigenvalue weighted by molar-refractivity contribution is -0.118. The van der Waals surface area contributed by atoms with Crippen LogP contribution >= 0.6 is 34.0 Å². The molecule has 3 aromatic heterocycles. The van der Waals surface area contributed by atoms with E-state index in [2.05, 4.69) is 10.5 Å². The summed E-state index contributed by atoms with van der Waals surface area (Å²) in [6.45, 7) is 3.63. The number of sulfonamides is 1. The van der Waals surface area contributed by atoms with Crippen molar-refractivity contribution < 1.29 is 61.0 Å². The van der Waals surface area contributed by atoms with E-state index in [0.29, 0.717) is 71.4 Å². The van der Waals surface area contributed by atoms with Gasteiger partial charge in [0.15, 0.2) is 5.78 Å². The second kappa shape index (κ2) is 27.3. The van der Waals surface area contributed by atoms with Crippen LogP contribution in [0.4, 0.5) is 17.1 Å². The first-order chi connectivity index (χ1) is 42.8. The van der Waals surface area contributed by atoms with Crippen LogP contribution in [0, 0.1) is 6.92 Å². The third-order valence-electron chi connectivity index (χ3n) is 13.1. The van der Waals surface area contributed by atoms with Crippen LogP contribution in [0.25, 0.3) is 18.2 Å². The number of thiophene rings is 3. The second-order valence-corrected chi connectivity index (χ2v) is 23.8. The topological polar surface area (TPSA) is 259 Å². The van der Waals surface area contributed by atoms with E-state index < -0.39 is 39.7 Å². The van der Waals surface area contributed by atoms with Gasteiger partial charge in [0.25, 0.3) is 23.6 Å². The maximum atomic E-state index is 12.9. The van der Waals surface area contributed by atoms with Crippen LogP contribution < -0.4 is 39.7 Å². The van der Waals surface area contributed by atoms with E-state index in [9.17, 15) is 46.8 Å². The lowest BCUT2D eigenvalue weighted by atomic mass is 10.1. The Labute approximate surface area is 521 Å². The molecule has 4 amide bonds. The van der Waals surface area contributed by atoms with E-state index in [1.165, 1.54) is 85.3 Å². The molecule has 0 unspecified atom stereocenters. The van der Waals surface area contributed by atoms with Gasteiger partial charge >= 0.3 is 17.9 Å². The lowest BCUT2D eigenvalue weighted by Crippen LogP contribution is -2.35. The molecule has 3 aliphatic heterocycles. The molecule has 3 N–H and O–H groups in total. The molecule has 0 spiro atoms. The Morgan fingerprint density at radius 2 is 1.02 bits per heavy atom. The SMILES string of the molecule is CC1=NN(c2ccc(S(N)(=O)=O)cc2)C(=O)/C1=C\c1ccc(OC(=O)c2cccs2)cc1.Cc1cccc(N2NC(=O)/C(=C/c3cccc(OC(=O)c4cccs4)c3)C2=O)c1.O=C1CN(c2ccccc2)C(=O)/C1=C\c1cccc(OC(=O)c2cccs2)c1. The predicted molar refractivity (Wildman–Crippen MR) is 340 cm³/mol. The molecule has 0 radical (unpaired) electrons. The van der Waals surface area contributed by atoms with Crippen molar-refractivity contribution in [3.8, 4) is 17.2 Å². The number of hydrogen-bond donors (Lipinski definition) is 2. The van der Waals surface area contributed by atoms with E-state index in [1.54, 1.807) is 157 Å². The Morgan fingerprint density at radius 1 is 0.506 bits per heavy atom. The van der Waals surface area contributed by atoms with Crippen LogP contribution in [-0.4, -0.2) is 68.0 Å². The monoisotopic (exact) mass is 1260 g/mol. The van der Waals surface area contributed by atoms with Gasteiger partial charge in [-0.05, 0) is 174 Å². The van der Waals surface area contributed by atoms with Crippen LogP contribution in [-0.2, 0) is 34.0 Å². The number of nitrogens with two attached hydrogens (primary N) is 1. The third-order valence-corrected chi connectivity index (χ3v) is 16.6. The third kappa shape index (κ3) is 15.1. The first-order valence-corrected chi connectivity index (χ1v) is 30.9. The van der Waals surface area contributed by atoms with Gasteiger partial charge in [0, 0.05) is 5.69 Å². The predicted octanol–water partition coefficient (Wildman–Crippen LogP) is 11.1. The van der Waals surface area contributed by atoms with Gasteiger partial charge in [-0.3, -0.25) is 29.4 Å². The van der Waals surface area contributed by atoms with Crippen LogP contribution in [0.5, 0.6) is 17.2 Å². The molecule has 6 aromatic carbocycles. The number of amides is 4. The number of carbonyl (C=O) groups excluding carboxylic acids is 8. The summed E-state index contributed by atoms with van der Waals surface area (Å²) in [6.07, 6.45) is 4.71. The summed E-state index contributed by atoms with van der Waals surface area (Å²) >= 11 is 3.89. The van der Waals surface area contributed by atoms with Gasteiger partial charge in [-0.2, -0.15) is 10.1 Å². The van der Waals surface area contributed by atoms with Crippen molar-refractivity contribution in [2.45, 2.75) is 18.7 Å². The Kier molecular flexibility index (Phi) is 18.8. The average molecular weight is 1260 g/mol. The summed E-state index contributed by atoms with van der Waals surface area (Å²) < 4.78 is 38.9. The standard InChI is InChI=1S/C22H17N3O5S2.C22H16N2O4S.C22H15NO4S/c1-14-19(21(26)25(24-14)16-6-10-18(11-7-16)32(23,28)29)13-15-4-8-17(9-5-15)30-22(27)20-3-2-12-31-20;1-14-5-2-7-16(11-14)24-21(26)18(20(25)23-24)13-15-6-3-8-17(12-15)28-22(27)19-9-4-10-29-19;24-19-14-23(16-7-2-1-3-8-16)21(25)18(19)13-15-6-4-9-17(12-15)27-22(26)20-10-5-11-28-20/h2-13H,1H3,(H2,23,28,29);2-13H,1H3,(H,23,25);1-13H,14H2/b19-13-;2*18-13-. The van der Waals surface area contributed by atoms with Gasteiger partial charge in [0.05, 0.1) is 39.7 Å². The molecule has 0 atom stereocenters. The maximum Gasteiger partial charge on any atom is 0.353 e. The fourth-order valence-corrected chi connectivity index (χ4v) is 11.1. The maximum absolute atomic E-state index is 12.9. The second-order valence-electron chi connectivity index (χ2n) is 19.4. The number of hydrazone groups is 1. The largest absolute Gasteiger partial charge is 0.422 e. The molecule has 12 rings (SSSR count). The fourth-order valence-electron chi connectivity index (χ4n) is 8.79. The summed E-state index contributed by atoms with van der Waals surface area (Å²) in [4.78, 5) is 102. The average Bonchev–Trinajstić information content (AvgIpc) is 3.21. The Balaban J connectivity index is 0.000000147. The number of hydrogen-bond acceptors (Lipinski definition) is 17. The molecular formula is C66H48N6O13S4. The van der Waals surface area contributed by atoms with Gasteiger partial charge in [0.2, 0.25) is 10.0 Å². The highest BCUT2D eigenvalue weighted by atomic mass is 32.2. The van der Waals surface area contributed by atoms with Gasteiger partial charge in [0.1, 0.15) is 37.5 Å². The Bertz CT molecular complexity index is 4450. The quantitative estimate of drug-likeness (QED) is 0.0472. The number of benzene rings is 6. The molecular weight excluding hydrogens is 1210 g/mol. The first-order valence-electron chi connectivity index (χ1n) is 26.7. The highest BCUT2D eigenvalue weighted by Gasteiger charge is 2.36. The number of ether oxygens (including phenoxy) is 3. The van der Waals surface area contributed by atoms with E-state index >= 15 is 0 Å². The molecule has 2 fully saturated rings. The van der Waals surface area contributed by atoms with E-state index in [-0.39, 0.29) is 40.2 Å². The summed E-state index contributed by atoms with van der Waals surface area (Å²) in [5.41, 5.74) is 8.18. The van der Waals surface area contributed by atoms with Crippen molar-refractivity contribution >= 4 is 132 Å². The number of rotatable bonds is 13. The van der Waals surface area contributed by atoms with Gasteiger partial charge in [-0.15, -0.1) is 34.0 Å². The molecule has 0 bridgehead atoms. The van der Waals surface area contributed by atoms with Gasteiger partial charge in [-0.1, -0.05) is 84.9 Å². The molecule has 23 heteroatoms. The number of carbonyl (C=O) groups is 8. The van der Waals surface area contributed by atoms with E-state index in [0.717, 1.165) is 11.1 Å². The Morgan fingerprint density at radius 3 is 1.55 bits per heavy atom. The van der Waals surface area contributed by atoms with Crippen molar-refractivity contribution in [1.82, 2.24) is 5.43 Å². The summed E-state index contributed by atoms with van der Waals surface area (Å²) in [5.74, 6) is -2.10. The van der Waals surface area contributed by atoms with Crippen LogP contribution in [0.1, 0.15) is 58.2 Å². The summed E-state index contributed by atoms with van der Waals surface area (Å²) in [7, 11) is -3.82. The van der Waals surface area contributed by atoms with Crippen LogP contribution in [0.3, 0.4) is 0 Å². The number of anilines is 3. The van der Waals surface area contributed by atoms with Crippen molar-refractivity contribution in [2.24, 2.45) is 10.2 Å². The molecule has 3 aliphatic rings. The number of ketones is 1. The Hall–Kier alpha value is -10.8. The minimum absolute atomic E-state index is 0.00763. The number of nitrogens with one attached hydrogen (secondary N) is 1. The molecule has 6 heterocycles. The minimum atomic E-state index is -3.82. The molecule has 0 aliphatic carbocycles. The molecule has 89 heavy (non-hydrogen) atoms. The molecule has 0 saturated carbocycles. The molecule has 444 valence electrons. The van der Waals surface area contributed by atoms with Crippen molar-refractivity contribution in [3.63, 3.8) is 0 Å². The van der Waals surface area contributed by atoms with E-state index in [4.69, 9.17) is 19.3 Å². The summed E-state index contributed by atoms with van der Waals surface area (Å²) in [6, 6.07) is 52.5. The zero-order chi connectivity index (χ0) is 62.8. The molecule has 19 nitrogen and oxygen atoms in total. The van der Waals surface area contributed by atoms with Crippen LogP contribution in [0.15, 0.2) is 231 Å². The van der Waals surface area contributed by atoms with Crippen molar-refractivity contribution in [2.75, 3.05) is 21.5 Å². The molecule has 2 saturated heterocycles.